The number of anilines is 1. The van der Waals surface area contributed by atoms with Gasteiger partial charge in [0.15, 0.2) is 5.78 Å². The maximum absolute atomic E-state index is 13.8. The van der Waals surface area contributed by atoms with Crippen LogP contribution in [0.5, 0.6) is 5.75 Å². The van der Waals surface area contributed by atoms with Crippen molar-refractivity contribution in [1.29, 1.82) is 5.26 Å². The zero-order valence-electron chi connectivity index (χ0n) is 19.4. The average molecular weight is 452 g/mol. The molecular formula is C26H27F2N3O2. The fourth-order valence-electron chi connectivity index (χ4n) is 5.11. The van der Waals surface area contributed by atoms with E-state index in [9.17, 15) is 18.8 Å². The number of aromatic nitrogens is 1. The van der Waals surface area contributed by atoms with Crippen LogP contribution in [0.15, 0.2) is 41.7 Å². The quantitative estimate of drug-likeness (QED) is 0.612. The number of nitrogens with one attached hydrogen (secondary N) is 1. The molecule has 1 aliphatic heterocycles. The van der Waals surface area contributed by atoms with Gasteiger partial charge in [-0.1, -0.05) is 26.0 Å². The Kier molecular flexibility index (Phi) is 5.52. The number of hydrogen-bond donors (Lipinski definition) is 1. The molecule has 1 N–H and O–H groups in total. The van der Waals surface area contributed by atoms with E-state index in [0.29, 0.717) is 41.1 Å². The summed E-state index contributed by atoms with van der Waals surface area (Å²) in [5.74, 6) is 0.868. The molecule has 1 aromatic heterocycles. The first-order valence-electron chi connectivity index (χ1n) is 11.0. The molecule has 33 heavy (non-hydrogen) atoms. The Balaban J connectivity index is 2.06. The molecule has 2 heterocycles. The summed E-state index contributed by atoms with van der Waals surface area (Å²) in [5.41, 5.74) is 0.220. The van der Waals surface area contributed by atoms with E-state index < -0.39 is 17.4 Å². The van der Waals surface area contributed by atoms with E-state index in [0.717, 1.165) is 11.9 Å². The molecule has 1 aliphatic carbocycles. The molecule has 0 saturated heterocycles. The van der Waals surface area contributed by atoms with Gasteiger partial charge in [0.2, 0.25) is 0 Å². The van der Waals surface area contributed by atoms with Gasteiger partial charge in [0.05, 0.1) is 22.6 Å². The second kappa shape index (κ2) is 7.95. The summed E-state index contributed by atoms with van der Waals surface area (Å²) in [6.45, 7) is 9.69. The lowest BCUT2D eigenvalue weighted by Crippen LogP contribution is -2.43. The molecule has 1 unspecified atom stereocenters. The number of benzene rings is 1. The lowest BCUT2D eigenvalue weighted by atomic mass is 9.61. The molecule has 1 atom stereocenters. The van der Waals surface area contributed by atoms with Crippen LogP contribution in [-0.4, -0.2) is 16.9 Å². The summed E-state index contributed by atoms with van der Waals surface area (Å²) in [6, 6.07) is 9.27. The largest absolute Gasteiger partial charge is 0.491 e. The molecule has 0 fully saturated rings. The van der Waals surface area contributed by atoms with Gasteiger partial charge in [0.1, 0.15) is 17.6 Å². The van der Waals surface area contributed by atoms with Gasteiger partial charge in [-0.25, -0.2) is 13.8 Å². The number of nitriles is 1. The summed E-state index contributed by atoms with van der Waals surface area (Å²) in [5, 5.41) is 13.2. The smallest absolute Gasteiger partial charge is 0.266 e. The SMILES string of the molecule is CC(C)Oc1cccc(C2(C)C3=C(CC(C)(C)CC3=O)Nc3ncc(C(F)F)c(C#N)c32)c1. The highest BCUT2D eigenvalue weighted by Gasteiger charge is 2.49. The molecule has 0 amide bonds. The van der Waals surface area contributed by atoms with Crippen LogP contribution in [-0.2, 0) is 10.2 Å². The summed E-state index contributed by atoms with van der Waals surface area (Å²) in [6.07, 6.45) is -0.957. The van der Waals surface area contributed by atoms with E-state index in [1.165, 1.54) is 0 Å². The fraction of sp³-hybridized carbons (Fsp3) is 0.423. The lowest BCUT2D eigenvalue weighted by Gasteiger charge is -2.45. The summed E-state index contributed by atoms with van der Waals surface area (Å²) < 4.78 is 33.6. The summed E-state index contributed by atoms with van der Waals surface area (Å²) in [4.78, 5) is 17.8. The van der Waals surface area contributed by atoms with Crippen LogP contribution in [0.3, 0.4) is 0 Å². The molecule has 2 aromatic rings. The van der Waals surface area contributed by atoms with Gasteiger partial charge >= 0.3 is 0 Å². The maximum Gasteiger partial charge on any atom is 0.266 e. The van der Waals surface area contributed by atoms with Crippen molar-refractivity contribution in [2.75, 3.05) is 5.32 Å². The number of pyridine rings is 1. The Morgan fingerprint density at radius 2 is 1.94 bits per heavy atom. The van der Waals surface area contributed by atoms with Crippen LogP contribution in [0, 0.1) is 16.7 Å². The second-order valence-corrected chi connectivity index (χ2v) is 9.96. The predicted molar refractivity (Wildman–Crippen MR) is 121 cm³/mol. The molecule has 4 rings (SSSR count). The molecule has 1 aromatic carbocycles. The minimum absolute atomic E-state index is 0.0663. The van der Waals surface area contributed by atoms with Gasteiger partial charge < -0.3 is 10.1 Å². The number of Topliss-reactive ketones (excluding diaryl/α,β-unsaturated/α-hetero) is 1. The van der Waals surface area contributed by atoms with Crippen molar-refractivity contribution >= 4 is 11.6 Å². The minimum Gasteiger partial charge on any atom is -0.491 e. The second-order valence-electron chi connectivity index (χ2n) is 9.96. The first-order valence-corrected chi connectivity index (χ1v) is 11.0. The van der Waals surface area contributed by atoms with Crippen LogP contribution < -0.4 is 10.1 Å². The highest BCUT2D eigenvalue weighted by Crippen LogP contribution is 2.54. The number of hydrogen-bond acceptors (Lipinski definition) is 5. The zero-order valence-corrected chi connectivity index (χ0v) is 19.4. The molecule has 2 aliphatic rings. The van der Waals surface area contributed by atoms with Crippen molar-refractivity contribution in [3.63, 3.8) is 0 Å². The van der Waals surface area contributed by atoms with Gasteiger partial charge in [-0.2, -0.15) is 5.26 Å². The summed E-state index contributed by atoms with van der Waals surface area (Å²) in [7, 11) is 0. The first-order chi connectivity index (χ1) is 15.5. The minimum atomic E-state index is -2.87. The number of halogens is 2. The number of alkyl halides is 2. The van der Waals surface area contributed by atoms with Crippen molar-refractivity contribution in [3.05, 3.63) is 64.0 Å². The van der Waals surface area contributed by atoms with E-state index in [4.69, 9.17) is 4.74 Å². The van der Waals surface area contributed by atoms with Crippen LogP contribution in [0.1, 0.15) is 76.1 Å². The molecule has 7 heteroatoms. The molecule has 0 radical (unpaired) electrons. The Morgan fingerprint density at radius 1 is 1.21 bits per heavy atom. The van der Waals surface area contributed by atoms with E-state index in [1.807, 2.05) is 65.0 Å². The van der Waals surface area contributed by atoms with Gasteiger partial charge in [0.25, 0.3) is 6.43 Å². The Bertz CT molecular complexity index is 1210. The predicted octanol–water partition coefficient (Wildman–Crippen LogP) is 6.05. The fourth-order valence-corrected chi connectivity index (χ4v) is 5.11. The standard InChI is InChI=1S/C26H27F2N3O2/c1-14(2)33-16-8-6-7-15(9-16)26(5)21-17(12-29)18(23(27)28)13-30-24(21)31-19-10-25(3,4)11-20(32)22(19)26/h6-9,13-14,23H,10-11H2,1-5H3,(H,30,31). The third-order valence-corrected chi connectivity index (χ3v) is 6.38. The molecule has 5 nitrogen and oxygen atoms in total. The number of allylic oxidation sites excluding steroid dienone is 2. The number of carbonyl (C=O) groups excluding carboxylic acids is 1. The number of carbonyl (C=O) groups is 1. The maximum atomic E-state index is 13.8. The third-order valence-electron chi connectivity index (χ3n) is 6.38. The van der Waals surface area contributed by atoms with E-state index in [1.54, 1.807) is 0 Å². The van der Waals surface area contributed by atoms with Gasteiger partial charge in [0, 0.05) is 29.5 Å². The van der Waals surface area contributed by atoms with E-state index in [-0.39, 0.29) is 22.9 Å². The highest BCUT2D eigenvalue weighted by molar-refractivity contribution is 6.03. The molecular weight excluding hydrogens is 424 g/mol. The Labute approximate surface area is 192 Å². The number of ether oxygens (including phenoxy) is 1. The van der Waals surface area contributed by atoms with Crippen LogP contribution in [0.4, 0.5) is 14.6 Å². The number of fused-ring (bicyclic) bond motifs is 1. The lowest BCUT2D eigenvalue weighted by molar-refractivity contribution is -0.118. The molecule has 0 saturated carbocycles. The van der Waals surface area contributed by atoms with Crippen molar-refractivity contribution in [1.82, 2.24) is 4.98 Å². The van der Waals surface area contributed by atoms with E-state index in [2.05, 4.69) is 10.3 Å². The highest BCUT2D eigenvalue weighted by atomic mass is 19.3. The molecule has 0 bridgehead atoms. The normalized spacial score (nSPS) is 21.4. The van der Waals surface area contributed by atoms with Gasteiger partial charge in [-0.05, 0) is 50.3 Å². The Hall–Kier alpha value is -3.27. The molecule has 172 valence electrons. The number of rotatable bonds is 4. The average Bonchev–Trinajstić information content (AvgIpc) is 2.71. The molecule has 0 spiro atoms. The van der Waals surface area contributed by atoms with E-state index >= 15 is 0 Å². The van der Waals surface area contributed by atoms with Crippen molar-refractivity contribution in [2.45, 2.75) is 65.4 Å². The first kappa shape index (κ1) is 22.9. The topological polar surface area (TPSA) is 75.0 Å². The number of ketones is 1. The van der Waals surface area contributed by atoms with Crippen LogP contribution in [0.2, 0.25) is 0 Å². The third kappa shape index (κ3) is 3.78. The van der Waals surface area contributed by atoms with Crippen molar-refractivity contribution in [3.8, 4) is 11.8 Å². The zero-order chi connectivity index (χ0) is 24.1. The van der Waals surface area contributed by atoms with Crippen molar-refractivity contribution < 1.29 is 18.3 Å². The van der Waals surface area contributed by atoms with Crippen molar-refractivity contribution in [2.24, 2.45) is 5.41 Å². The Morgan fingerprint density at radius 3 is 2.58 bits per heavy atom. The van der Waals surface area contributed by atoms with Crippen LogP contribution in [0.25, 0.3) is 0 Å². The van der Waals surface area contributed by atoms with Crippen LogP contribution >= 0.6 is 0 Å². The number of nitrogens with zero attached hydrogens (tertiary/aromatic N) is 2. The monoisotopic (exact) mass is 451 g/mol. The van der Waals surface area contributed by atoms with Gasteiger partial charge in [-0.3, -0.25) is 4.79 Å². The summed E-state index contributed by atoms with van der Waals surface area (Å²) >= 11 is 0. The van der Waals surface area contributed by atoms with Gasteiger partial charge in [-0.15, -0.1) is 0 Å².